The van der Waals surface area contributed by atoms with Gasteiger partial charge in [-0.15, -0.1) is 0 Å². The summed E-state index contributed by atoms with van der Waals surface area (Å²) in [5.74, 6) is 0.191. The zero-order valence-corrected chi connectivity index (χ0v) is 14.2. The average Bonchev–Trinajstić information content (AvgIpc) is 2.49. The Morgan fingerprint density at radius 1 is 1.09 bits per heavy atom. The molecule has 0 aliphatic rings. The smallest absolute Gasteiger partial charge is 0.265 e. The summed E-state index contributed by atoms with van der Waals surface area (Å²) in [5, 5.41) is 3.25. The van der Waals surface area contributed by atoms with Gasteiger partial charge in [0.15, 0.2) is 15.9 Å². The summed E-state index contributed by atoms with van der Waals surface area (Å²) in [4.78, 5) is 12.3. The van der Waals surface area contributed by atoms with Crippen LogP contribution in [0.25, 0.3) is 0 Å². The number of amides is 1. The van der Waals surface area contributed by atoms with Gasteiger partial charge in [-0.2, -0.15) is 0 Å². The second-order valence-electron chi connectivity index (χ2n) is 5.00. The topological polar surface area (TPSA) is 72.5 Å². The van der Waals surface area contributed by atoms with Gasteiger partial charge in [0.2, 0.25) is 0 Å². The molecule has 0 aromatic heterocycles. The van der Waals surface area contributed by atoms with E-state index in [2.05, 4.69) is 5.32 Å². The molecule has 0 aliphatic heterocycles. The summed E-state index contributed by atoms with van der Waals surface area (Å²) in [6.45, 7) is 1.62. The lowest BCUT2D eigenvalue weighted by Crippen LogP contribution is -2.30. The standard InChI is InChI=1S/C16H16ClNO4S/c1-11(22-14-7-3-12(17)4-8-14)16(19)18-13-5-9-15(10-6-13)23(2,20)21/h3-11H,1-2H3,(H,18,19)/t11-/m0/s1. The van der Waals surface area contributed by atoms with Crippen molar-refractivity contribution >= 4 is 33.0 Å². The van der Waals surface area contributed by atoms with Gasteiger partial charge in [-0.3, -0.25) is 4.79 Å². The summed E-state index contributed by atoms with van der Waals surface area (Å²) < 4.78 is 28.3. The normalized spacial score (nSPS) is 12.5. The SMILES string of the molecule is C[C@H](Oc1ccc(Cl)cc1)C(=O)Nc1ccc(S(C)(=O)=O)cc1. The fourth-order valence-electron chi connectivity index (χ4n) is 1.80. The second-order valence-corrected chi connectivity index (χ2v) is 7.45. The molecule has 1 amide bonds. The van der Waals surface area contributed by atoms with Crippen LogP contribution < -0.4 is 10.1 Å². The quantitative estimate of drug-likeness (QED) is 0.896. The minimum Gasteiger partial charge on any atom is -0.481 e. The van der Waals surface area contributed by atoms with Gasteiger partial charge in [-0.25, -0.2) is 8.42 Å². The van der Waals surface area contributed by atoms with Crippen molar-refractivity contribution in [3.63, 3.8) is 0 Å². The van der Waals surface area contributed by atoms with Crippen LogP contribution in [-0.2, 0) is 14.6 Å². The van der Waals surface area contributed by atoms with Crippen molar-refractivity contribution in [3.8, 4) is 5.75 Å². The minimum atomic E-state index is -3.26. The Kier molecular flexibility index (Phi) is 5.28. The molecule has 0 bridgehead atoms. The van der Waals surface area contributed by atoms with Gasteiger partial charge in [-0.05, 0) is 55.5 Å². The highest BCUT2D eigenvalue weighted by atomic mass is 35.5. The van der Waals surface area contributed by atoms with Gasteiger partial charge >= 0.3 is 0 Å². The molecule has 23 heavy (non-hydrogen) atoms. The summed E-state index contributed by atoms with van der Waals surface area (Å²) in [7, 11) is -3.26. The molecule has 122 valence electrons. The molecule has 1 N–H and O–H groups in total. The van der Waals surface area contributed by atoms with Gasteiger partial charge in [0.1, 0.15) is 5.75 Å². The Balaban J connectivity index is 1.99. The summed E-state index contributed by atoms with van der Waals surface area (Å²) in [5.41, 5.74) is 0.494. The van der Waals surface area contributed by atoms with Crippen LogP contribution in [0.2, 0.25) is 5.02 Å². The predicted molar refractivity (Wildman–Crippen MR) is 89.7 cm³/mol. The summed E-state index contributed by atoms with van der Waals surface area (Å²) in [6.07, 6.45) is 0.411. The number of benzene rings is 2. The monoisotopic (exact) mass is 353 g/mol. The van der Waals surface area contributed by atoms with E-state index >= 15 is 0 Å². The van der Waals surface area contributed by atoms with Crippen LogP contribution in [0.5, 0.6) is 5.75 Å². The lowest BCUT2D eigenvalue weighted by molar-refractivity contribution is -0.122. The van der Waals surface area contributed by atoms with Crippen molar-refractivity contribution in [2.75, 3.05) is 11.6 Å². The van der Waals surface area contributed by atoms with Crippen molar-refractivity contribution in [2.45, 2.75) is 17.9 Å². The maximum absolute atomic E-state index is 12.1. The van der Waals surface area contributed by atoms with E-state index in [-0.39, 0.29) is 10.8 Å². The molecule has 2 rings (SSSR count). The fraction of sp³-hybridized carbons (Fsp3) is 0.188. The van der Waals surface area contributed by atoms with Crippen molar-refractivity contribution < 1.29 is 17.9 Å². The first-order valence-corrected chi connectivity index (χ1v) is 9.06. The predicted octanol–water partition coefficient (Wildman–Crippen LogP) is 3.15. The zero-order chi connectivity index (χ0) is 17.0. The Morgan fingerprint density at radius 2 is 1.65 bits per heavy atom. The number of rotatable bonds is 5. The number of hydrogen-bond acceptors (Lipinski definition) is 4. The third-order valence-electron chi connectivity index (χ3n) is 3.05. The van der Waals surface area contributed by atoms with Crippen LogP contribution in [0.3, 0.4) is 0 Å². The fourth-order valence-corrected chi connectivity index (χ4v) is 2.56. The van der Waals surface area contributed by atoms with E-state index in [0.29, 0.717) is 16.5 Å². The average molecular weight is 354 g/mol. The molecule has 0 fully saturated rings. The maximum Gasteiger partial charge on any atom is 0.265 e. The molecule has 2 aromatic carbocycles. The molecule has 1 atom stereocenters. The molecule has 7 heteroatoms. The number of anilines is 1. The van der Waals surface area contributed by atoms with Gasteiger partial charge in [0.25, 0.3) is 5.91 Å². The van der Waals surface area contributed by atoms with Gasteiger partial charge in [0, 0.05) is 17.0 Å². The third-order valence-corrected chi connectivity index (χ3v) is 4.43. The Labute approximate surface area is 140 Å². The molecular weight excluding hydrogens is 338 g/mol. The first kappa shape index (κ1) is 17.3. The number of ether oxygens (including phenoxy) is 1. The van der Waals surface area contributed by atoms with E-state index in [4.69, 9.17) is 16.3 Å². The molecule has 0 aliphatic carbocycles. The molecule has 0 saturated heterocycles. The highest BCUT2D eigenvalue weighted by Crippen LogP contribution is 2.18. The summed E-state index contributed by atoms with van der Waals surface area (Å²) >= 11 is 5.79. The van der Waals surface area contributed by atoms with Crippen LogP contribution in [0.4, 0.5) is 5.69 Å². The number of halogens is 1. The van der Waals surface area contributed by atoms with Crippen LogP contribution in [0.1, 0.15) is 6.92 Å². The molecule has 0 unspecified atom stereocenters. The van der Waals surface area contributed by atoms with Crippen molar-refractivity contribution in [1.29, 1.82) is 0 Å². The van der Waals surface area contributed by atoms with E-state index in [1.807, 2.05) is 0 Å². The zero-order valence-electron chi connectivity index (χ0n) is 12.6. The Hall–Kier alpha value is -2.05. The number of nitrogens with one attached hydrogen (secondary N) is 1. The highest BCUT2D eigenvalue weighted by Gasteiger charge is 2.15. The lowest BCUT2D eigenvalue weighted by atomic mass is 10.3. The first-order valence-electron chi connectivity index (χ1n) is 6.79. The molecule has 0 heterocycles. The first-order chi connectivity index (χ1) is 10.8. The van der Waals surface area contributed by atoms with Crippen LogP contribution >= 0.6 is 11.6 Å². The van der Waals surface area contributed by atoms with Crippen molar-refractivity contribution in [3.05, 3.63) is 53.6 Å². The van der Waals surface area contributed by atoms with Crippen molar-refractivity contribution in [1.82, 2.24) is 0 Å². The van der Waals surface area contributed by atoms with Gasteiger partial charge in [0.05, 0.1) is 4.90 Å². The van der Waals surface area contributed by atoms with E-state index in [0.717, 1.165) is 6.26 Å². The third kappa shape index (κ3) is 4.97. The van der Waals surface area contributed by atoms with E-state index in [1.165, 1.54) is 24.3 Å². The Morgan fingerprint density at radius 3 is 2.17 bits per heavy atom. The van der Waals surface area contributed by atoms with E-state index in [9.17, 15) is 13.2 Å². The Bertz CT molecular complexity index is 786. The van der Waals surface area contributed by atoms with Crippen LogP contribution in [-0.4, -0.2) is 26.7 Å². The largest absolute Gasteiger partial charge is 0.481 e. The molecule has 0 saturated carbocycles. The highest BCUT2D eigenvalue weighted by molar-refractivity contribution is 7.90. The molecule has 2 aromatic rings. The number of sulfone groups is 1. The van der Waals surface area contributed by atoms with Crippen molar-refractivity contribution in [2.24, 2.45) is 0 Å². The van der Waals surface area contributed by atoms with Crippen LogP contribution in [0.15, 0.2) is 53.4 Å². The number of carbonyl (C=O) groups is 1. The number of hydrogen-bond donors (Lipinski definition) is 1. The molecule has 0 spiro atoms. The maximum atomic E-state index is 12.1. The van der Waals surface area contributed by atoms with E-state index < -0.39 is 15.9 Å². The van der Waals surface area contributed by atoms with Gasteiger partial charge < -0.3 is 10.1 Å². The molecular formula is C16H16ClNO4S. The second kappa shape index (κ2) is 7.02. The van der Waals surface area contributed by atoms with Crippen LogP contribution in [0, 0.1) is 0 Å². The van der Waals surface area contributed by atoms with E-state index in [1.54, 1.807) is 31.2 Å². The molecule has 5 nitrogen and oxygen atoms in total. The minimum absolute atomic E-state index is 0.195. The number of carbonyl (C=O) groups excluding carboxylic acids is 1. The summed E-state index contributed by atoms with van der Waals surface area (Å²) in [6, 6.07) is 12.6. The lowest BCUT2D eigenvalue weighted by Gasteiger charge is -2.15. The molecule has 0 radical (unpaired) electrons. The van der Waals surface area contributed by atoms with Gasteiger partial charge in [-0.1, -0.05) is 11.6 Å².